The minimum Gasteiger partial charge on any atom is -0.312 e. The number of rotatable bonds is 3. The Kier molecular flexibility index (Phi) is 5.10. The van der Waals surface area contributed by atoms with Gasteiger partial charge in [-0.05, 0) is 37.5 Å². The van der Waals surface area contributed by atoms with Gasteiger partial charge in [-0.1, -0.05) is 54.8 Å². The Morgan fingerprint density at radius 2 is 1.72 bits per heavy atom. The highest BCUT2D eigenvalue weighted by Crippen LogP contribution is 2.39. The van der Waals surface area contributed by atoms with Crippen LogP contribution in [0.5, 0.6) is 0 Å². The fourth-order valence-electron chi connectivity index (χ4n) is 5.06. The van der Waals surface area contributed by atoms with Crippen LogP contribution in [-0.4, -0.2) is 33.9 Å². The number of amides is 1. The van der Waals surface area contributed by atoms with Crippen LogP contribution >= 0.6 is 0 Å². The van der Waals surface area contributed by atoms with E-state index < -0.39 is 18.0 Å². The van der Waals surface area contributed by atoms with Crippen molar-refractivity contribution in [1.82, 2.24) is 15.2 Å². The van der Waals surface area contributed by atoms with Crippen molar-refractivity contribution < 1.29 is 18.0 Å². The summed E-state index contributed by atoms with van der Waals surface area (Å²) in [5.74, 6) is 0.583. The number of alkyl halides is 3. The molecule has 2 fully saturated rings. The number of aryl methyl sites for hydroxylation is 1. The molecule has 1 aliphatic carbocycles. The molecule has 3 unspecified atom stereocenters. The fraction of sp³-hybridized carbons (Fsp3) is 0.417. The summed E-state index contributed by atoms with van der Waals surface area (Å²) in [4.78, 5) is 17.4. The number of halogens is 3. The van der Waals surface area contributed by atoms with Gasteiger partial charge >= 0.3 is 6.18 Å². The van der Waals surface area contributed by atoms with Gasteiger partial charge in [0.25, 0.3) is 0 Å². The van der Waals surface area contributed by atoms with E-state index in [1.165, 1.54) is 12.1 Å². The van der Waals surface area contributed by atoms with E-state index in [-0.39, 0.29) is 17.9 Å². The molecule has 3 aliphatic rings. The number of fused-ring (bicyclic) bond motifs is 3. The van der Waals surface area contributed by atoms with E-state index in [4.69, 9.17) is 0 Å². The van der Waals surface area contributed by atoms with Crippen LogP contribution in [0, 0.1) is 12.8 Å². The van der Waals surface area contributed by atoms with Crippen LogP contribution in [0.2, 0.25) is 0 Å². The van der Waals surface area contributed by atoms with Gasteiger partial charge in [0.2, 0.25) is 5.91 Å². The molecule has 0 aromatic heterocycles. The maximum Gasteiger partial charge on any atom is 0.416 e. The monoisotopic (exact) mass is 442 g/mol. The standard InChI is InChI=1S/C24H25F3N4O/c1-15-6-8-16(9-7-15)14-30-22(32)19-4-2-3-5-20(19)31-21(28-29-23(30)31)17-10-12-18(13-11-17)24(25,26)27/h6-13,19-20,23,29H,2-5,14H2,1H3. The van der Waals surface area contributed by atoms with Gasteiger partial charge in [0.15, 0.2) is 12.1 Å². The zero-order chi connectivity index (χ0) is 22.5. The average Bonchev–Trinajstić information content (AvgIpc) is 3.23. The molecule has 0 spiro atoms. The molecule has 1 N–H and O–H groups in total. The molecular formula is C24H25F3N4O. The van der Waals surface area contributed by atoms with Crippen LogP contribution in [0.4, 0.5) is 13.2 Å². The third-order valence-electron chi connectivity index (χ3n) is 6.72. The normalized spacial score (nSPS) is 25.2. The van der Waals surface area contributed by atoms with Crippen LogP contribution in [-0.2, 0) is 17.5 Å². The summed E-state index contributed by atoms with van der Waals surface area (Å²) in [6.45, 7) is 2.47. The molecule has 0 bridgehead atoms. The van der Waals surface area contributed by atoms with Crippen molar-refractivity contribution in [2.75, 3.05) is 0 Å². The molecule has 2 aromatic rings. The van der Waals surface area contributed by atoms with Gasteiger partial charge in [-0.25, -0.2) is 0 Å². The third kappa shape index (κ3) is 3.61. The predicted octanol–water partition coefficient (Wildman–Crippen LogP) is 4.47. The van der Waals surface area contributed by atoms with Crippen LogP contribution in [0.3, 0.4) is 0 Å². The molecule has 0 radical (unpaired) electrons. The summed E-state index contributed by atoms with van der Waals surface area (Å²) in [6, 6.07) is 13.2. The Bertz CT molecular complexity index is 1030. The number of nitrogens with one attached hydrogen (secondary N) is 1. The molecule has 2 aromatic carbocycles. The zero-order valence-corrected chi connectivity index (χ0v) is 17.8. The Hall–Kier alpha value is -3.03. The summed E-state index contributed by atoms with van der Waals surface area (Å²) < 4.78 is 39.0. The number of benzene rings is 2. The van der Waals surface area contributed by atoms with Crippen LogP contribution < -0.4 is 5.43 Å². The van der Waals surface area contributed by atoms with Crippen molar-refractivity contribution in [3.8, 4) is 0 Å². The zero-order valence-electron chi connectivity index (χ0n) is 17.8. The van der Waals surface area contributed by atoms with Crippen molar-refractivity contribution in [2.24, 2.45) is 11.0 Å². The molecule has 3 atom stereocenters. The lowest BCUT2D eigenvalue weighted by atomic mass is 9.80. The molecule has 2 aliphatic heterocycles. The number of amidine groups is 1. The lowest BCUT2D eigenvalue weighted by molar-refractivity contribution is -0.156. The molecule has 1 saturated heterocycles. The quantitative estimate of drug-likeness (QED) is 0.763. The van der Waals surface area contributed by atoms with Crippen molar-refractivity contribution in [3.05, 3.63) is 70.8 Å². The predicted molar refractivity (Wildman–Crippen MR) is 114 cm³/mol. The van der Waals surface area contributed by atoms with Gasteiger partial charge in [0.1, 0.15) is 0 Å². The number of hydrazone groups is 1. The van der Waals surface area contributed by atoms with E-state index in [0.717, 1.165) is 48.9 Å². The van der Waals surface area contributed by atoms with E-state index in [2.05, 4.69) is 15.4 Å². The van der Waals surface area contributed by atoms with Gasteiger partial charge in [0, 0.05) is 18.2 Å². The first-order valence-corrected chi connectivity index (χ1v) is 11.0. The Labute approximate surface area is 184 Å². The molecule has 5 nitrogen and oxygen atoms in total. The van der Waals surface area contributed by atoms with Gasteiger partial charge in [-0.2, -0.15) is 18.3 Å². The first-order valence-electron chi connectivity index (χ1n) is 11.0. The molecule has 168 valence electrons. The minimum atomic E-state index is -4.38. The van der Waals surface area contributed by atoms with E-state index in [0.29, 0.717) is 17.9 Å². The van der Waals surface area contributed by atoms with E-state index >= 15 is 0 Å². The third-order valence-corrected chi connectivity index (χ3v) is 6.72. The number of hydrogen-bond donors (Lipinski definition) is 1. The Balaban J connectivity index is 1.47. The van der Waals surface area contributed by atoms with Gasteiger partial charge in [-0.15, -0.1) is 0 Å². The summed E-state index contributed by atoms with van der Waals surface area (Å²) >= 11 is 0. The molecule has 2 heterocycles. The lowest BCUT2D eigenvalue weighted by Gasteiger charge is -2.50. The molecule has 32 heavy (non-hydrogen) atoms. The second-order valence-corrected chi connectivity index (χ2v) is 8.83. The smallest absolute Gasteiger partial charge is 0.312 e. The van der Waals surface area contributed by atoms with E-state index in [1.54, 1.807) is 0 Å². The Morgan fingerprint density at radius 1 is 1.03 bits per heavy atom. The molecule has 1 amide bonds. The maximum atomic E-state index is 13.5. The second kappa shape index (κ2) is 7.83. The van der Waals surface area contributed by atoms with Gasteiger partial charge in [0.05, 0.1) is 11.5 Å². The topological polar surface area (TPSA) is 47.9 Å². The van der Waals surface area contributed by atoms with Gasteiger partial charge < -0.3 is 4.90 Å². The SMILES string of the molecule is Cc1ccc(CN2C(=O)C3CCCCC3N3C(c4ccc(C(F)(F)F)cc4)=NNC23)cc1. The van der Waals surface area contributed by atoms with Crippen LogP contribution in [0.1, 0.15) is 47.9 Å². The fourth-order valence-corrected chi connectivity index (χ4v) is 5.06. The van der Waals surface area contributed by atoms with Crippen molar-refractivity contribution in [2.45, 2.75) is 57.7 Å². The highest BCUT2D eigenvalue weighted by molar-refractivity contribution is 6.01. The number of nitrogens with zero attached hydrogens (tertiary/aromatic N) is 3. The summed E-state index contributed by atoms with van der Waals surface area (Å²) in [6.07, 6.45) is -1.11. The molecule has 1 saturated carbocycles. The number of carbonyl (C=O) groups excluding carboxylic acids is 1. The highest BCUT2D eigenvalue weighted by Gasteiger charge is 2.51. The first kappa shape index (κ1) is 20.8. The molecule has 8 heteroatoms. The highest BCUT2D eigenvalue weighted by atomic mass is 19.4. The van der Waals surface area contributed by atoms with Gasteiger partial charge in [-0.3, -0.25) is 15.1 Å². The van der Waals surface area contributed by atoms with Crippen molar-refractivity contribution in [3.63, 3.8) is 0 Å². The summed E-state index contributed by atoms with van der Waals surface area (Å²) in [5, 5.41) is 4.49. The molecular weight excluding hydrogens is 417 g/mol. The van der Waals surface area contributed by atoms with Crippen LogP contribution in [0.15, 0.2) is 53.6 Å². The van der Waals surface area contributed by atoms with Crippen LogP contribution in [0.25, 0.3) is 0 Å². The average molecular weight is 442 g/mol. The largest absolute Gasteiger partial charge is 0.416 e. The Morgan fingerprint density at radius 3 is 2.41 bits per heavy atom. The second-order valence-electron chi connectivity index (χ2n) is 8.83. The van der Waals surface area contributed by atoms with E-state index in [1.807, 2.05) is 36.1 Å². The summed E-state index contributed by atoms with van der Waals surface area (Å²) in [7, 11) is 0. The summed E-state index contributed by atoms with van der Waals surface area (Å²) in [5.41, 5.74) is 5.20. The van der Waals surface area contributed by atoms with E-state index in [9.17, 15) is 18.0 Å². The van der Waals surface area contributed by atoms with Crippen molar-refractivity contribution in [1.29, 1.82) is 0 Å². The number of carbonyl (C=O) groups is 1. The first-order chi connectivity index (χ1) is 15.3. The van der Waals surface area contributed by atoms with Crippen molar-refractivity contribution >= 4 is 11.7 Å². The lowest BCUT2D eigenvalue weighted by Crippen LogP contribution is -2.67. The number of hydrogen-bond acceptors (Lipinski definition) is 4. The molecule has 5 rings (SSSR count). The minimum absolute atomic E-state index is 0.00781. The maximum absolute atomic E-state index is 13.5.